The highest BCUT2D eigenvalue weighted by atomic mass is 16.6. The van der Waals surface area contributed by atoms with Crippen molar-refractivity contribution in [1.82, 2.24) is 0 Å². The van der Waals surface area contributed by atoms with E-state index >= 15 is 0 Å². The summed E-state index contributed by atoms with van der Waals surface area (Å²) in [6.07, 6.45) is 28.0. The van der Waals surface area contributed by atoms with Gasteiger partial charge in [-0.3, -0.25) is 9.59 Å². The summed E-state index contributed by atoms with van der Waals surface area (Å²) >= 11 is 0. The molecule has 0 amide bonds. The number of allylic oxidation sites excluding steroid dienone is 7. The normalized spacial score (nSPS) is 15.1. The van der Waals surface area contributed by atoms with Gasteiger partial charge < -0.3 is 29.9 Å². The molecule has 0 saturated carbocycles. The molecule has 44 heavy (non-hydrogen) atoms. The van der Waals surface area contributed by atoms with Crippen LogP contribution in [0.1, 0.15) is 117 Å². The van der Waals surface area contributed by atoms with E-state index in [1.165, 1.54) is 51.0 Å². The van der Waals surface area contributed by atoms with E-state index in [-0.39, 0.29) is 32.0 Å². The van der Waals surface area contributed by atoms with Gasteiger partial charge in [-0.05, 0) is 32.1 Å². The van der Waals surface area contributed by atoms with Gasteiger partial charge in [-0.2, -0.15) is 0 Å². The maximum Gasteiger partial charge on any atom is 0.305 e. The highest BCUT2D eigenvalue weighted by molar-refractivity contribution is 5.69. The van der Waals surface area contributed by atoms with Crippen LogP contribution in [0.25, 0.3) is 0 Å². The van der Waals surface area contributed by atoms with Gasteiger partial charge in [-0.15, -0.1) is 0 Å². The Labute approximate surface area is 266 Å². The van der Waals surface area contributed by atoms with Gasteiger partial charge in [0.05, 0.1) is 18.3 Å². The number of hydrogen-bond donors (Lipinski definition) is 4. The van der Waals surface area contributed by atoms with Crippen LogP contribution < -0.4 is 0 Å². The zero-order valence-electron chi connectivity index (χ0n) is 27.2. The number of esters is 2. The summed E-state index contributed by atoms with van der Waals surface area (Å²) in [5, 5.41) is 39.9. The van der Waals surface area contributed by atoms with Crippen LogP contribution in [0.3, 0.4) is 0 Å². The van der Waals surface area contributed by atoms with Crippen molar-refractivity contribution in [3.8, 4) is 0 Å². The Balaban J connectivity index is 3.89. The van der Waals surface area contributed by atoms with Crippen molar-refractivity contribution < 1.29 is 39.5 Å². The number of carbonyl (C=O) groups excluding carboxylic acids is 2. The Morgan fingerprint density at radius 3 is 1.68 bits per heavy atom. The fourth-order valence-corrected chi connectivity index (χ4v) is 4.19. The van der Waals surface area contributed by atoms with E-state index in [0.29, 0.717) is 19.3 Å². The Hall–Kier alpha value is -2.52. The van der Waals surface area contributed by atoms with Crippen molar-refractivity contribution in [2.75, 3.05) is 13.2 Å². The molecule has 0 unspecified atom stereocenters. The largest absolute Gasteiger partial charge is 0.463 e. The number of hydrogen-bond acceptors (Lipinski definition) is 8. The number of aliphatic hydroxyl groups is 4. The molecule has 4 N–H and O–H groups in total. The van der Waals surface area contributed by atoms with E-state index < -0.39 is 30.4 Å². The second kappa shape index (κ2) is 30.5. The molecule has 0 fully saturated rings. The monoisotopic (exact) mass is 620 g/mol. The van der Waals surface area contributed by atoms with Crippen LogP contribution in [0, 0.1) is 0 Å². The fraction of sp³-hybridized carbons (Fsp3) is 0.667. The molecule has 0 bridgehead atoms. The topological polar surface area (TPSA) is 134 Å². The first kappa shape index (κ1) is 41.5. The number of ether oxygens (including phenoxy) is 2. The Kier molecular flexibility index (Phi) is 28.8. The lowest BCUT2D eigenvalue weighted by Gasteiger charge is -2.14. The van der Waals surface area contributed by atoms with E-state index in [1.807, 2.05) is 19.1 Å². The lowest BCUT2D eigenvalue weighted by Crippen LogP contribution is -2.26. The molecule has 4 atom stereocenters. The van der Waals surface area contributed by atoms with Gasteiger partial charge >= 0.3 is 11.9 Å². The van der Waals surface area contributed by atoms with E-state index in [1.54, 1.807) is 42.5 Å². The van der Waals surface area contributed by atoms with E-state index in [9.17, 15) is 30.0 Å². The molecule has 0 aromatic rings. The predicted molar refractivity (Wildman–Crippen MR) is 177 cm³/mol. The fourth-order valence-electron chi connectivity index (χ4n) is 4.19. The molecule has 0 aliphatic carbocycles. The molecule has 0 aromatic heterocycles. The average Bonchev–Trinajstić information content (AvgIpc) is 3.01. The number of rotatable bonds is 28. The van der Waals surface area contributed by atoms with Crippen LogP contribution in [-0.2, 0) is 19.1 Å². The third kappa shape index (κ3) is 28.3. The van der Waals surface area contributed by atoms with E-state index in [4.69, 9.17) is 9.47 Å². The lowest BCUT2D eigenvalue weighted by atomic mass is 10.1. The molecular formula is C36H60O8. The quantitative estimate of drug-likeness (QED) is 0.0334. The van der Waals surface area contributed by atoms with E-state index in [0.717, 1.165) is 25.7 Å². The molecule has 0 rings (SSSR count). The van der Waals surface area contributed by atoms with Crippen molar-refractivity contribution in [2.24, 2.45) is 0 Å². The van der Waals surface area contributed by atoms with Crippen molar-refractivity contribution in [1.29, 1.82) is 0 Å². The SMILES string of the molecule is CC/C=C\C[C@@H](O)/C=C/C=C/C=C\C=C/[C@H](O)[C@@H](O)CCCC(=O)OC[C@H](O)COC(=O)CCCCCCCCCCCC. The first-order valence-electron chi connectivity index (χ1n) is 16.7. The third-order valence-corrected chi connectivity index (χ3v) is 6.86. The molecule has 8 heteroatoms. The minimum Gasteiger partial charge on any atom is -0.463 e. The summed E-state index contributed by atoms with van der Waals surface area (Å²) in [5.41, 5.74) is 0. The standard InChI is InChI=1S/C36H60O8/c1-3-5-7-8-9-10-11-12-17-21-27-35(41)43-29-32(38)30-44-36(42)28-22-26-34(40)33(39)25-20-16-14-13-15-19-24-31(37)23-18-6-4-2/h6,13-16,18-20,24-25,31-34,37-40H,3-5,7-12,17,21-23,26-30H2,1-2H3/b15-13+,16-14-,18-6-,24-19+,25-20-/t31-,32-,33+,34+/m1/s1. The van der Waals surface area contributed by atoms with Crippen molar-refractivity contribution in [3.05, 3.63) is 60.8 Å². The first-order valence-corrected chi connectivity index (χ1v) is 16.7. The van der Waals surface area contributed by atoms with Crippen molar-refractivity contribution in [3.63, 3.8) is 0 Å². The Morgan fingerprint density at radius 1 is 0.614 bits per heavy atom. The molecule has 252 valence electrons. The van der Waals surface area contributed by atoms with Gasteiger partial charge in [0.25, 0.3) is 0 Å². The summed E-state index contributed by atoms with van der Waals surface area (Å²) in [6.45, 7) is 3.77. The van der Waals surface area contributed by atoms with Gasteiger partial charge in [0.2, 0.25) is 0 Å². The summed E-state index contributed by atoms with van der Waals surface area (Å²) in [4.78, 5) is 23.8. The van der Waals surface area contributed by atoms with Crippen LogP contribution in [-0.4, -0.2) is 70.0 Å². The van der Waals surface area contributed by atoms with Gasteiger partial charge in [0, 0.05) is 12.8 Å². The minimum absolute atomic E-state index is 0.0283. The number of aliphatic hydroxyl groups excluding tert-OH is 4. The van der Waals surface area contributed by atoms with Crippen LogP contribution in [0.2, 0.25) is 0 Å². The molecular weight excluding hydrogens is 560 g/mol. The summed E-state index contributed by atoms with van der Waals surface area (Å²) in [5.74, 6) is -0.894. The minimum atomic E-state index is -1.09. The summed E-state index contributed by atoms with van der Waals surface area (Å²) < 4.78 is 10.1. The molecule has 8 nitrogen and oxygen atoms in total. The van der Waals surface area contributed by atoms with Gasteiger partial charge in [0.1, 0.15) is 19.3 Å². The second-order valence-corrected chi connectivity index (χ2v) is 11.1. The highest BCUT2D eigenvalue weighted by Crippen LogP contribution is 2.12. The second-order valence-electron chi connectivity index (χ2n) is 11.1. The maximum absolute atomic E-state index is 11.9. The van der Waals surface area contributed by atoms with Gasteiger partial charge in [-0.1, -0.05) is 132 Å². The van der Waals surface area contributed by atoms with Crippen LogP contribution in [0.4, 0.5) is 0 Å². The van der Waals surface area contributed by atoms with Gasteiger partial charge in [0.15, 0.2) is 0 Å². The van der Waals surface area contributed by atoms with Crippen molar-refractivity contribution in [2.45, 2.75) is 141 Å². The van der Waals surface area contributed by atoms with Crippen LogP contribution in [0.5, 0.6) is 0 Å². The predicted octanol–water partition coefficient (Wildman–Crippen LogP) is 6.58. The lowest BCUT2D eigenvalue weighted by molar-refractivity contribution is -0.152. The molecule has 0 spiro atoms. The zero-order valence-corrected chi connectivity index (χ0v) is 27.2. The number of unbranched alkanes of at least 4 members (excludes halogenated alkanes) is 9. The first-order chi connectivity index (χ1) is 21.3. The third-order valence-electron chi connectivity index (χ3n) is 6.86. The molecule has 0 heterocycles. The maximum atomic E-state index is 11.9. The molecule has 0 radical (unpaired) electrons. The Morgan fingerprint density at radius 2 is 1.11 bits per heavy atom. The molecule has 0 aliphatic heterocycles. The summed E-state index contributed by atoms with van der Waals surface area (Å²) in [7, 11) is 0. The molecule has 0 saturated heterocycles. The van der Waals surface area contributed by atoms with Crippen LogP contribution >= 0.6 is 0 Å². The Bertz CT molecular complexity index is 845. The average molecular weight is 621 g/mol. The zero-order chi connectivity index (χ0) is 32.7. The van der Waals surface area contributed by atoms with Crippen LogP contribution in [0.15, 0.2) is 60.8 Å². The highest BCUT2D eigenvalue weighted by Gasteiger charge is 2.15. The number of carbonyl (C=O) groups is 2. The van der Waals surface area contributed by atoms with E-state index in [2.05, 4.69) is 6.92 Å². The molecule has 0 aromatic carbocycles. The van der Waals surface area contributed by atoms with Crippen molar-refractivity contribution >= 4 is 11.9 Å². The molecule has 0 aliphatic rings. The van der Waals surface area contributed by atoms with Gasteiger partial charge in [-0.25, -0.2) is 0 Å². The summed E-state index contributed by atoms with van der Waals surface area (Å²) in [6, 6.07) is 0. The smallest absolute Gasteiger partial charge is 0.305 e.